The fourth-order valence-corrected chi connectivity index (χ4v) is 9.65. The van der Waals surface area contributed by atoms with Gasteiger partial charge >= 0.3 is 5.97 Å². The van der Waals surface area contributed by atoms with Crippen LogP contribution in [0.15, 0.2) is 97.2 Å². The summed E-state index contributed by atoms with van der Waals surface area (Å²) in [5.41, 5.74) is 0. The minimum Gasteiger partial charge on any atom is -0.756 e. The van der Waals surface area contributed by atoms with Gasteiger partial charge in [-0.3, -0.25) is 14.2 Å². The van der Waals surface area contributed by atoms with Crippen molar-refractivity contribution in [2.45, 2.75) is 290 Å². The van der Waals surface area contributed by atoms with Crippen molar-refractivity contribution in [1.82, 2.24) is 5.32 Å². The lowest BCUT2D eigenvalue weighted by Gasteiger charge is -2.30. The van der Waals surface area contributed by atoms with Crippen molar-refractivity contribution < 1.29 is 37.3 Å². The first-order valence-corrected chi connectivity index (χ1v) is 34.0. The van der Waals surface area contributed by atoms with E-state index >= 15 is 0 Å². The van der Waals surface area contributed by atoms with Gasteiger partial charge in [0.05, 0.1) is 33.8 Å². The van der Waals surface area contributed by atoms with E-state index in [1.807, 2.05) is 33.3 Å². The number of nitrogens with one attached hydrogen (secondary N) is 1. The number of hydrogen-bond acceptors (Lipinski definition) is 7. The lowest BCUT2D eigenvalue weighted by atomic mass is 10.0. The summed E-state index contributed by atoms with van der Waals surface area (Å²) < 4.78 is 30.3. The topological polar surface area (TPSA) is 114 Å². The van der Waals surface area contributed by atoms with Crippen molar-refractivity contribution >= 4 is 19.7 Å². The van der Waals surface area contributed by atoms with Crippen LogP contribution in [0.1, 0.15) is 278 Å². The predicted octanol–water partition coefficient (Wildman–Crippen LogP) is 19.7. The second-order valence-electron chi connectivity index (χ2n) is 22.9. The van der Waals surface area contributed by atoms with E-state index in [1.165, 1.54) is 122 Å². The number of amides is 1. The van der Waals surface area contributed by atoms with Crippen LogP contribution in [0, 0.1) is 0 Å². The standard InChI is InChI=1S/C69H123N2O7P/c1-7-10-13-16-19-22-25-27-29-31-33-35-37-39-41-43-46-49-52-55-58-61-68(72)70-66(65-77-79(74,75)76-64-63-71(4,5)6)67(60-57-54-51-48-45-24-21-18-15-12-9-3)78-69(73)62-59-56-53-50-47-44-42-40-38-36-34-32-30-28-26-23-20-17-14-11-8-2/h19-20,22-23,27-30,33-36,40,42,57,60,66-67H,7-18,21,24-26,31-32,37-39,41,43-56,58-59,61-65H2,1-6H3,(H-,70,72,74,75)/b22-19-,23-20-,29-27-,30-28-,35-33-,36-34-,42-40-,60-57+. The first kappa shape index (κ1) is 75.9. The number of allylic oxidation sites excluding steroid dienone is 15. The molecule has 0 aromatic rings. The molecule has 0 bridgehead atoms. The Kier molecular flexibility index (Phi) is 55.9. The third kappa shape index (κ3) is 59.4. The quantitative estimate of drug-likeness (QED) is 0.0212. The molecule has 3 atom stereocenters. The van der Waals surface area contributed by atoms with Crippen LogP contribution in [0.25, 0.3) is 0 Å². The van der Waals surface area contributed by atoms with Crippen molar-refractivity contribution in [2.75, 3.05) is 40.9 Å². The third-order valence-corrected chi connectivity index (χ3v) is 15.0. The van der Waals surface area contributed by atoms with Crippen LogP contribution < -0.4 is 10.2 Å². The lowest BCUT2D eigenvalue weighted by Crippen LogP contribution is -2.47. The molecule has 0 radical (unpaired) electrons. The summed E-state index contributed by atoms with van der Waals surface area (Å²) in [5.74, 6) is -0.572. The van der Waals surface area contributed by atoms with Crippen molar-refractivity contribution in [2.24, 2.45) is 0 Å². The van der Waals surface area contributed by atoms with Gasteiger partial charge in [-0.15, -0.1) is 0 Å². The van der Waals surface area contributed by atoms with E-state index in [2.05, 4.69) is 111 Å². The Balaban J connectivity index is 5.22. The molecular weight excluding hydrogens is 1000 g/mol. The normalized spacial score (nSPS) is 14.3. The third-order valence-electron chi connectivity index (χ3n) is 14.0. The molecule has 1 amide bonds. The van der Waals surface area contributed by atoms with Gasteiger partial charge < -0.3 is 28.5 Å². The average Bonchev–Trinajstić information content (AvgIpc) is 3.41. The van der Waals surface area contributed by atoms with Gasteiger partial charge in [0.25, 0.3) is 7.82 Å². The van der Waals surface area contributed by atoms with E-state index in [4.69, 9.17) is 13.8 Å². The van der Waals surface area contributed by atoms with Gasteiger partial charge in [0.2, 0.25) is 5.91 Å². The predicted molar refractivity (Wildman–Crippen MR) is 339 cm³/mol. The van der Waals surface area contributed by atoms with Crippen LogP contribution in [-0.2, 0) is 27.9 Å². The van der Waals surface area contributed by atoms with Gasteiger partial charge in [0, 0.05) is 12.8 Å². The van der Waals surface area contributed by atoms with Gasteiger partial charge in [-0.1, -0.05) is 247 Å². The number of esters is 1. The first-order valence-electron chi connectivity index (χ1n) is 32.5. The second-order valence-corrected chi connectivity index (χ2v) is 24.3. The van der Waals surface area contributed by atoms with Gasteiger partial charge in [-0.2, -0.15) is 0 Å². The number of carbonyl (C=O) groups is 2. The van der Waals surface area contributed by atoms with E-state index < -0.39 is 26.6 Å². The second kappa shape index (κ2) is 58.1. The monoisotopic (exact) mass is 1120 g/mol. The number of rotatable bonds is 58. The fourth-order valence-electron chi connectivity index (χ4n) is 8.92. The number of phosphoric acid groups is 1. The molecule has 1 N–H and O–H groups in total. The molecule has 0 aliphatic heterocycles. The molecule has 0 aliphatic rings. The highest BCUT2D eigenvalue weighted by atomic mass is 31.2. The molecule has 0 fully saturated rings. The Hall–Kier alpha value is -3.07. The first-order chi connectivity index (χ1) is 38.4. The number of phosphoric ester groups is 1. The Morgan fingerprint density at radius 2 is 0.772 bits per heavy atom. The molecule has 456 valence electrons. The minimum absolute atomic E-state index is 0.0316. The van der Waals surface area contributed by atoms with E-state index in [-0.39, 0.29) is 24.9 Å². The Labute approximate surface area is 488 Å². The van der Waals surface area contributed by atoms with Crippen LogP contribution in [-0.4, -0.2) is 69.4 Å². The summed E-state index contributed by atoms with van der Waals surface area (Å²) in [6.07, 6.45) is 78.0. The zero-order valence-corrected chi connectivity index (χ0v) is 52.9. The van der Waals surface area contributed by atoms with Gasteiger partial charge in [-0.25, -0.2) is 0 Å². The SMILES string of the molecule is CCCCC/C=C\C/C=C\C/C=C\C/C=C\CCCCCCCC(=O)OC(/C=C/CCCCCCCCCCC)C(COP(=O)([O-])OCC[N+](C)(C)C)NC(=O)CCCCCCCCCC/C=C\C/C=C\C/C=C\CCCCC. The molecule has 9 nitrogen and oxygen atoms in total. The smallest absolute Gasteiger partial charge is 0.306 e. The summed E-state index contributed by atoms with van der Waals surface area (Å²) >= 11 is 0. The van der Waals surface area contributed by atoms with Crippen molar-refractivity contribution in [1.29, 1.82) is 0 Å². The molecule has 10 heteroatoms. The zero-order valence-electron chi connectivity index (χ0n) is 52.1. The number of ether oxygens (including phenoxy) is 1. The molecular formula is C69H123N2O7P. The molecule has 0 aliphatic carbocycles. The van der Waals surface area contributed by atoms with Crippen LogP contribution in [0.4, 0.5) is 0 Å². The number of hydrogen-bond donors (Lipinski definition) is 1. The molecule has 3 unspecified atom stereocenters. The summed E-state index contributed by atoms with van der Waals surface area (Å²) in [6.45, 7) is 6.76. The lowest BCUT2D eigenvalue weighted by molar-refractivity contribution is -0.870. The Morgan fingerprint density at radius 3 is 1.18 bits per heavy atom. The van der Waals surface area contributed by atoms with Crippen LogP contribution in [0.5, 0.6) is 0 Å². The minimum atomic E-state index is -4.71. The number of nitrogens with zero attached hydrogens (tertiary/aromatic N) is 1. The van der Waals surface area contributed by atoms with Gasteiger partial charge in [0.1, 0.15) is 19.3 Å². The summed E-state index contributed by atoms with van der Waals surface area (Å²) in [6, 6.07) is -0.906. The number of quaternary nitrogens is 1. The number of carbonyl (C=O) groups excluding carboxylic acids is 2. The summed E-state index contributed by atoms with van der Waals surface area (Å²) in [7, 11) is 1.16. The van der Waals surface area contributed by atoms with Crippen LogP contribution in [0.3, 0.4) is 0 Å². The Morgan fingerprint density at radius 1 is 0.443 bits per heavy atom. The molecule has 0 aromatic carbocycles. The van der Waals surface area contributed by atoms with E-state index in [1.54, 1.807) is 0 Å². The van der Waals surface area contributed by atoms with Crippen LogP contribution in [0.2, 0.25) is 0 Å². The van der Waals surface area contributed by atoms with Crippen molar-refractivity contribution in [3.8, 4) is 0 Å². The molecule has 0 saturated heterocycles. The van der Waals surface area contributed by atoms with Crippen LogP contribution >= 0.6 is 7.82 Å². The summed E-state index contributed by atoms with van der Waals surface area (Å²) in [4.78, 5) is 40.0. The highest BCUT2D eigenvalue weighted by Crippen LogP contribution is 2.38. The molecule has 79 heavy (non-hydrogen) atoms. The average molecular weight is 1120 g/mol. The molecule has 0 aromatic heterocycles. The molecule has 0 heterocycles. The van der Waals surface area contributed by atoms with E-state index in [0.29, 0.717) is 23.9 Å². The highest BCUT2D eigenvalue weighted by molar-refractivity contribution is 7.45. The van der Waals surface area contributed by atoms with Gasteiger partial charge in [0.15, 0.2) is 0 Å². The summed E-state index contributed by atoms with van der Waals surface area (Å²) in [5, 5.41) is 3.02. The Bertz CT molecular complexity index is 1670. The van der Waals surface area contributed by atoms with Crippen molar-refractivity contribution in [3.05, 3.63) is 97.2 Å². The van der Waals surface area contributed by atoms with Gasteiger partial charge in [-0.05, 0) is 115 Å². The maximum atomic E-state index is 13.5. The maximum Gasteiger partial charge on any atom is 0.306 e. The van der Waals surface area contributed by atoms with Crippen molar-refractivity contribution in [3.63, 3.8) is 0 Å². The molecule has 0 spiro atoms. The number of unbranched alkanes of at least 4 members (excludes halogenated alkanes) is 28. The molecule has 0 saturated carbocycles. The zero-order chi connectivity index (χ0) is 57.9. The largest absolute Gasteiger partial charge is 0.756 e. The fraction of sp³-hybridized carbons (Fsp3) is 0.739. The van der Waals surface area contributed by atoms with E-state index in [0.717, 1.165) is 116 Å². The van der Waals surface area contributed by atoms with E-state index in [9.17, 15) is 19.0 Å². The highest BCUT2D eigenvalue weighted by Gasteiger charge is 2.27. The molecule has 0 rings (SSSR count). The maximum absolute atomic E-state index is 13.5. The number of likely N-dealkylation sites (N-methyl/N-ethyl adjacent to an activating group) is 1.